The summed E-state index contributed by atoms with van der Waals surface area (Å²) in [4.78, 5) is 39.1. The van der Waals surface area contributed by atoms with Gasteiger partial charge in [-0.3, -0.25) is 14.5 Å². The average molecular weight is 596 g/mol. The van der Waals surface area contributed by atoms with Crippen LogP contribution in [0.2, 0.25) is 0 Å². The van der Waals surface area contributed by atoms with Gasteiger partial charge in [-0.1, -0.05) is 66.6 Å². The van der Waals surface area contributed by atoms with E-state index in [1.54, 1.807) is 66.6 Å². The molecule has 2 aliphatic rings. The summed E-state index contributed by atoms with van der Waals surface area (Å²) in [5.41, 5.74) is -7.93. The first-order valence-corrected chi connectivity index (χ1v) is 13.9. The average Bonchev–Trinajstić information content (AvgIpc) is 2.92. The molecule has 0 radical (unpaired) electrons. The van der Waals surface area contributed by atoms with Crippen LogP contribution in [0.5, 0.6) is 0 Å². The van der Waals surface area contributed by atoms with Gasteiger partial charge < -0.3 is 9.47 Å². The van der Waals surface area contributed by atoms with E-state index < -0.39 is 62.9 Å². The van der Waals surface area contributed by atoms with Gasteiger partial charge in [-0.15, -0.1) is 18.2 Å². The molecule has 0 unspecified atom stereocenters. The highest BCUT2D eigenvalue weighted by molar-refractivity contribution is 8.00. The number of halogens is 3. The van der Waals surface area contributed by atoms with Gasteiger partial charge >= 0.3 is 27.6 Å². The minimum atomic E-state index is -6.28. The second-order valence-electron chi connectivity index (χ2n) is 8.54. The third-order valence-corrected chi connectivity index (χ3v) is 8.34. The molecule has 40 heavy (non-hydrogen) atoms. The zero-order valence-corrected chi connectivity index (χ0v) is 22.2. The Morgan fingerprint density at radius 3 is 2.15 bits per heavy atom. The molecule has 2 aromatic carbocycles. The number of benzene rings is 2. The Morgan fingerprint density at radius 2 is 1.68 bits per heavy atom. The van der Waals surface area contributed by atoms with Crippen LogP contribution in [-0.4, -0.2) is 60.0 Å². The number of hydrogen-bond donors (Lipinski definition) is 0. The van der Waals surface area contributed by atoms with Crippen LogP contribution in [0.1, 0.15) is 24.2 Å². The van der Waals surface area contributed by atoms with Crippen LogP contribution in [-0.2, 0) is 38.2 Å². The maximum Gasteiger partial charge on any atom is 0.523 e. The van der Waals surface area contributed by atoms with Gasteiger partial charge in [-0.05, 0) is 11.1 Å². The molecular formula is C26H20F3NO8S2. The van der Waals surface area contributed by atoms with Gasteiger partial charge in [0.2, 0.25) is 0 Å². The quantitative estimate of drug-likeness (QED) is 0.149. The lowest BCUT2D eigenvalue weighted by Gasteiger charge is -2.53. The molecule has 0 spiro atoms. The number of nitrogens with zero attached hydrogens (tertiary/aromatic N) is 1. The summed E-state index contributed by atoms with van der Waals surface area (Å²) in [5, 5.41) is -1.53. The Bertz CT molecular complexity index is 1460. The van der Waals surface area contributed by atoms with Crippen molar-refractivity contribution >= 4 is 39.7 Å². The Hall–Kier alpha value is -3.80. The van der Waals surface area contributed by atoms with E-state index in [2.05, 4.69) is 4.18 Å². The van der Waals surface area contributed by atoms with E-state index in [0.717, 1.165) is 18.7 Å². The summed E-state index contributed by atoms with van der Waals surface area (Å²) in [6, 6.07) is 17.2. The molecule has 2 atom stereocenters. The lowest BCUT2D eigenvalue weighted by Crippen LogP contribution is -2.75. The van der Waals surface area contributed by atoms with Crippen LogP contribution in [0.25, 0.3) is 0 Å². The van der Waals surface area contributed by atoms with Gasteiger partial charge in [0.05, 0.1) is 0 Å². The first-order valence-electron chi connectivity index (χ1n) is 11.4. The predicted molar refractivity (Wildman–Crippen MR) is 135 cm³/mol. The van der Waals surface area contributed by atoms with Crippen LogP contribution in [0, 0.1) is 12.3 Å². The largest absolute Gasteiger partial charge is 0.523 e. The molecule has 0 aromatic heterocycles. The van der Waals surface area contributed by atoms with Crippen molar-refractivity contribution in [3.05, 3.63) is 83.1 Å². The molecule has 9 nitrogen and oxygen atoms in total. The number of carbonyl (C=O) groups is 3. The van der Waals surface area contributed by atoms with Crippen molar-refractivity contribution in [1.29, 1.82) is 0 Å². The number of fused-ring (bicyclic) bond motifs is 1. The second kappa shape index (κ2) is 11.0. The highest BCUT2D eigenvalue weighted by Gasteiger charge is 2.69. The Kier molecular flexibility index (Phi) is 8.02. The van der Waals surface area contributed by atoms with E-state index in [-0.39, 0.29) is 11.3 Å². The van der Waals surface area contributed by atoms with Crippen molar-refractivity contribution in [2.75, 3.05) is 12.4 Å². The number of amides is 1. The monoisotopic (exact) mass is 595 g/mol. The number of esters is 2. The molecule has 1 saturated heterocycles. The van der Waals surface area contributed by atoms with Crippen LogP contribution in [0.15, 0.2) is 71.9 Å². The summed E-state index contributed by atoms with van der Waals surface area (Å²) in [5.74, 6) is -1.62. The van der Waals surface area contributed by atoms with Gasteiger partial charge in [0.15, 0.2) is 6.10 Å². The number of alkyl halides is 3. The van der Waals surface area contributed by atoms with E-state index in [4.69, 9.17) is 15.9 Å². The van der Waals surface area contributed by atoms with Gasteiger partial charge in [-0.25, -0.2) is 8.98 Å². The SMILES string of the molecule is C#C[C@@]1(OS(=O)(=O)C(F)(F)F)C(=O)N2C(C(=O)OC(c3ccccc3)c3ccccc3)=C(COC(C)=O)CS[C@@H]21. The van der Waals surface area contributed by atoms with Crippen LogP contribution in [0.4, 0.5) is 13.2 Å². The van der Waals surface area contributed by atoms with Crippen molar-refractivity contribution in [3.8, 4) is 12.3 Å². The van der Waals surface area contributed by atoms with Gasteiger partial charge in [-0.2, -0.15) is 21.6 Å². The van der Waals surface area contributed by atoms with Crippen molar-refractivity contribution in [3.63, 3.8) is 0 Å². The van der Waals surface area contributed by atoms with E-state index >= 15 is 0 Å². The molecule has 2 aromatic rings. The van der Waals surface area contributed by atoms with Gasteiger partial charge in [0, 0.05) is 18.2 Å². The normalized spacial score (nSPS) is 20.9. The van der Waals surface area contributed by atoms with Crippen molar-refractivity contribution in [2.45, 2.75) is 29.5 Å². The highest BCUT2D eigenvalue weighted by Crippen LogP contribution is 2.50. The molecule has 1 amide bonds. The molecule has 4 rings (SSSR count). The van der Waals surface area contributed by atoms with Gasteiger partial charge in [0.1, 0.15) is 17.7 Å². The topological polar surface area (TPSA) is 116 Å². The molecule has 210 valence electrons. The van der Waals surface area contributed by atoms with E-state index in [1.807, 2.05) is 0 Å². The highest BCUT2D eigenvalue weighted by atomic mass is 32.2. The molecule has 2 heterocycles. The molecular weight excluding hydrogens is 575 g/mol. The first kappa shape index (κ1) is 29.2. The van der Waals surface area contributed by atoms with Crippen molar-refractivity contribution < 1.29 is 49.6 Å². The van der Waals surface area contributed by atoms with Crippen molar-refractivity contribution in [1.82, 2.24) is 4.90 Å². The zero-order valence-electron chi connectivity index (χ0n) is 20.6. The maximum absolute atomic E-state index is 13.7. The smallest absolute Gasteiger partial charge is 0.461 e. The summed E-state index contributed by atoms with van der Waals surface area (Å²) in [7, 11) is -6.28. The molecule has 0 aliphatic carbocycles. The maximum atomic E-state index is 13.7. The number of hydrogen-bond acceptors (Lipinski definition) is 9. The summed E-state index contributed by atoms with van der Waals surface area (Å²) < 4.78 is 77.9. The van der Waals surface area contributed by atoms with Gasteiger partial charge in [0.25, 0.3) is 11.5 Å². The number of rotatable bonds is 8. The Labute approximate surface area is 231 Å². The van der Waals surface area contributed by atoms with Crippen LogP contribution >= 0.6 is 11.8 Å². The Balaban J connectivity index is 1.74. The predicted octanol–water partition coefficient (Wildman–Crippen LogP) is 3.29. The van der Waals surface area contributed by atoms with Crippen LogP contribution in [0.3, 0.4) is 0 Å². The van der Waals surface area contributed by atoms with E-state index in [0.29, 0.717) is 16.0 Å². The summed E-state index contributed by atoms with van der Waals surface area (Å²) >= 11 is 0.741. The van der Waals surface area contributed by atoms with Crippen LogP contribution < -0.4 is 0 Å². The summed E-state index contributed by atoms with van der Waals surface area (Å²) in [6.45, 7) is 0.668. The fraction of sp³-hybridized carbons (Fsp3) is 0.269. The minimum Gasteiger partial charge on any atom is -0.461 e. The minimum absolute atomic E-state index is 0.0963. The zero-order chi connectivity index (χ0) is 29.3. The molecule has 0 bridgehead atoms. The fourth-order valence-electron chi connectivity index (χ4n) is 4.08. The molecule has 1 fully saturated rings. The second-order valence-corrected chi connectivity index (χ2v) is 11.1. The third kappa shape index (κ3) is 5.32. The lowest BCUT2D eigenvalue weighted by atomic mass is 9.91. The number of β-lactam (4-membered cyclic amide) rings is 1. The summed E-state index contributed by atoms with van der Waals surface area (Å²) in [6.07, 6.45) is 4.36. The van der Waals surface area contributed by atoms with Crippen molar-refractivity contribution in [2.24, 2.45) is 0 Å². The number of terminal acetylenes is 1. The Morgan fingerprint density at radius 1 is 1.12 bits per heavy atom. The first-order chi connectivity index (χ1) is 18.8. The standard InChI is InChI=1S/C26H20F3NO8S2/c1-3-25(38-40(34,35)26(27,28)29)23(33)30-20(19(14-36-16(2)31)15-39-24(25)30)22(32)37-21(17-10-6-4-7-11-17)18-12-8-5-9-13-18/h1,4-13,21,24H,14-15H2,2H3/t24-,25-/m1/s1. The lowest BCUT2D eigenvalue weighted by molar-refractivity contribution is -0.168. The van der Waals surface area contributed by atoms with E-state index in [9.17, 15) is 36.0 Å². The number of ether oxygens (including phenoxy) is 2. The molecule has 2 aliphatic heterocycles. The molecule has 0 saturated carbocycles. The third-order valence-electron chi connectivity index (χ3n) is 5.92. The number of carbonyl (C=O) groups excluding carboxylic acids is 3. The van der Waals surface area contributed by atoms with E-state index in [1.165, 1.54) is 0 Å². The fourth-order valence-corrected chi connectivity index (χ4v) is 6.17. The molecule has 14 heteroatoms. The molecule has 0 N–H and O–H groups in total. The number of thioether (sulfide) groups is 1.